The summed E-state index contributed by atoms with van der Waals surface area (Å²) in [6.07, 6.45) is -1.44. The van der Waals surface area contributed by atoms with Crippen LogP contribution in [0.4, 0.5) is 29.6 Å². The molecule has 0 saturated carbocycles. The number of hydrogen-bond acceptors (Lipinski definition) is 6. The van der Waals surface area contributed by atoms with Gasteiger partial charge in [0.25, 0.3) is 0 Å². The van der Waals surface area contributed by atoms with E-state index in [0.29, 0.717) is 17.4 Å². The summed E-state index contributed by atoms with van der Waals surface area (Å²) in [4.78, 5) is 22.7. The first-order chi connectivity index (χ1) is 15.3. The molecule has 1 aliphatic heterocycles. The molecule has 4 rings (SSSR count). The van der Waals surface area contributed by atoms with Gasteiger partial charge in [-0.2, -0.15) is 13.2 Å². The third-order valence-electron chi connectivity index (χ3n) is 5.20. The van der Waals surface area contributed by atoms with Crippen molar-refractivity contribution in [2.24, 2.45) is 0 Å². The zero-order chi connectivity index (χ0) is 22.9. The fourth-order valence-electron chi connectivity index (χ4n) is 3.67. The molecule has 32 heavy (non-hydrogen) atoms. The fraction of sp³-hybridized carbons (Fsp3) is 0.350. The normalized spacial score (nSPS) is 16.7. The molecular weight excluding hydrogens is 449 g/mol. The SMILES string of the molecule is COC(=O)Nc1c(Cl)ccc2c(-c3nc(N[C@H]4CCCNC4)ncc3C(F)(F)F)c[nH]c12. The molecular formula is C20H20ClF3N6O2. The Morgan fingerprint density at radius 3 is 2.84 bits per heavy atom. The number of halogens is 4. The number of carbonyl (C=O) groups is 1. The Morgan fingerprint density at radius 1 is 1.34 bits per heavy atom. The van der Waals surface area contributed by atoms with Gasteiger partial charge in [-0.3, -0.25) is 5.32 Å². The molecule has 1 fully saturated rings. The Bertz CT molecular complexity index is 1140. The number of nitrogens with zero attached hydrogens (tertiary/aromatic N) is 2. The number of aromatic nitrogens is 3. The number of nitrogens with one attached hydrogen (secondary N) is 4. The van der Waals surface area contributed by atoms with E-state index in [9.17, 15) is 18.0 Å². The monoisotopic (exact) mass is 468 g/mol. The molecule has 3 aromatic rings. The Morgan fingerprint density at radius 2 is 2.16 bits per heavy atom. The minimum absolute atomic E-state index is 0.0194. The van der Waals surface area contributed by atoms with Crippen LogP contribution in [0, 0.1) is 0 Å². The quantitative estimate of drug-likeness (QED) is 0.445. The lowest BCUT2D eigenvalue weighted by Crippen LogP contribution is -2.38. The van der Waals surface area contributed by atoms with Crippen LogP contribution in [0.2, 0.25) is 5.02 Å². The zero-order valence-corrected chi connectivity index (χ0v) is 17.7. The molecule has 8 nitrogen and oxygen atoms in total. The second-order valence-corrected chi connectivity index (χ2v) is 7.71. The molecule has 0 bridgehead atoms. The highest BCUT2D eigenvalue weighted by Crippen LogP contribution is 2.41. The lowest BCUT2D eigenvalue weighted by molar-refractivity contribution is -0.137. The molecule has 3 heterocycles. The number of methoxy groups -OCH3 is 1. The summed E-state index contributed by atoms with van der Waals surface area (Å²) in [6.45, 7) is 1.57. The molecule has 170 valence electrons. The van der Waals surface area contributed by atoms with Gasteiger partial charge >= 0.3 is 12.3 Å². The molecule has 12 heteroatoms. The maximum absolute atomic E-state index is 13.8. The van der Waals surface area contributed by atoms with Crippen molar-refractivity contribution in [1.29, 1.82) is 0 Å². The number of amides is 1. The first kappa shape index (κ1) is 22.2. The predicted molar refractivity (Wildman–Crippen MR) is 115 cm³/mol. The van der Waals surface area contributed by atoms with Crippen LogP contribution in [-0.4, -0.2) is 47.3 Å². The summed E-state index contributed by atoms with van der Waals surface area (Å²) < 4.78 is 45.9. The molecule has 1 amide bonds. The summed E-state index contributed by atoms with van der Waals surface area (Å²) in [6, 6.07) is 3.06. The highest BCUT2D eigenvalue weighted by Gasteiger charge is 2.36. The van der Waals surface area contributed by atoms with E-state index in [4.69, 9.17) is 11.6 Å². The molecule has 2 aromatic heterocycles. The van der Waals surface area contributed by atoms with E-state index in [1.54, 1.807) is 6.07 Å². The van der Waals surface area contributed by atoms with Crippen molar-refractivity contribution in [3.8, 4) is 11.3 Å². The van der Waals surface area contributed by atoms with Crippen molar-refractivity contribution in [1.82, 2.24) is 20.3 Å². The Labute approximate surface area is 185 Å². The molecule has 1 atom stereocenters. The molecule has 0 spiro atoms. The van der Waals surface area contributed by atoms with Crippen LogP contribution in [0.1, 0.15) is 18.4 Å². The summed E-state index contributed by atoms with van der Waals surface area (Å²) in [5, 5.41) is 9.41. The number of rotatable bonds is 4. The number of H-pyrrole nitrogens is 1. The van der Waals surface area contributed by atoms with Crippen molar-refractivity contribution >= 4 is 40.2 Å². The minimum Gasteiger partial charge on any atom is -0.453 e. The maximum Gasteiger partial charge on any atom is 0.419 e. The minimum atomic E-state index is -4.66. The van der Waals surface area contributed by atoms with Crippen LogP contribution < -0.4 is 16.0 Å². The van der Waals surface area contributed by atoms with E-state index in [2.05, 4.69) is 35.6 Å². The van der Waals surface area contributed by atoms with E-state index >= 15 is 0 Å². The molecule has 0 aliphatic carbocycles. The standard InChI is InChI=1S/C20H20ClF3N6O2/c1-32-19(31)30-17-14(21)5-4-11-12(8-26-16(11)17)15-13(20(22,23)24)9-27-18(29-15)28-10-3-2-6-25-7-10/h4-5,8-10,25-26H,2-3,6-7H2,1H3,(H,30,31)(H,27,28,29)/t10-/m0/s1. The van der Waals surface area contributed by atoms with Gasteiger partial charge in [0, 0.05) is 35.9 Å². The molecule has 0 radical (unpaired) electrons. The fourth-order valence-corrected chi connectivity index (χ4v) is 3.87. The van der Waals surface area contributed by atoms with Gasteiger partial charge in [0.1, 0.15) is 5.56 Å². The van der Waals surface area contributed by atoms with E-state index in [1.165, 1.54) is 19.4 Å². The number of ether oxygens (including phenoxy) is 1. The Kier molecular flexibility index (Phi) is 6.11. The van der Waals surface area contributed by atoms with E-state index in [0.717, 1.165) is 25.6 Å². The molecule has 4 N–H and O–H groups in total. The van der Waals surface area contributed by atoms with E-state index < -0.39 is 17.8 Å². The summed E-state index contributed by atoms with van der Waals surface area (Å²) in [7, 11) is 1.19. The Hall–Kier alpha value is -3.05. The number of hydrogen-bond donors (Lipinski definition) is 4. The van der Waals surface area contributed by atoms with Crippen LogP contribution in [0.15, 0.2) is 24.5 Å². The van der Waals surface area contributed by atoms with Gasteiger partial charge < -0.3 is 20.4 Å². The first-order valence-electron chi connectivity index (χ1n) is 9.84. The molecule has 0 unspecified atom stereocenters. The average molecular weight is 469 g/mol. The lowest BCUT2D eigenvalue weighted by Gasteiger charge is -2.24. The number of aromatic amines is 1. The van der Waals surface area contributed by atoms with Crippen molar-refractivity contribution in [3.63, 3.8) is 0 Å². The van der Waals surface area contributed by atoms with Crippen molar-refractivity contribution in [3.05, 3.63) is 35.1 Å². The Balaban J connectivity index is 1.81. The highest BCUT2D eigenvalue weighted by molar-refractivity contribution is 6.35. The second kappa shape index (κ2) is 8.83. The van der Waals surface area contributed by atoms with Gasteiger partial charge in [-0.25, -0.2) is 14.8 Å². The van der Waals surface area contributed by atoms with Crippen LogP contribution in [0.3, 0.4) is 0 Å². The highest BCUT2D eigenvalue weighted by atomic mass is 35.5. The van der Waals surface area contributed by atoms with Crippen LogP contribution in [0.5, 0.6) is 0 Å². The van der Waals surface area contributed by atoms with Gasteiger partial charge in [0.2, 0.25) is 5.95 Å². The largest absolute Gasteiger partial charge is 0.453 e. The third-order valence-corrected chi connectivity index (χ3v) is 5.51. The van der Waals surface area contributed by atoms with Crippen LogP contribution in [0.25, 0.3) is 22.2 Å². The number of anilines is 2. The molecule has 1 aliphatic rings. The summed E-state index contributed by atoms with van der Waals surface area (Å²) >= 11 is 6.19. The lowest BCUT2D eigenvalue weighted by atomic mass is 10.0. The zero-order valence-electron chi connectivity index (χ0n) is 16.9. The average Bonchev–Trinajstić information content (AvgIpc) is 3.19. The van der Waals surface area contributed by atoms with Crippen LogP contribution in [-0.2, 0) is 10.9 Å². The van der Waals surface area contributed by atoms with Crippen molar-refractivity contribution in [2.75, 3.05) is 30.8 Å². The first-order valence-corrected chi connectivity index (χ1v) is 10.2. The van der Waals surface area contributed by atoms with E-state index in [1.807, 2.05) is 0 Å². The topological polar surface area (TPSA) is 104 Å². The number of piperidine rings is 1. The van der Waals surface area contributed by atoms with E-state index in [-0.39, 0.29) is 34.0 Å². The third kappa shape index (κ3) is 4.44. The van der Waals surface area contributed by atoms with Crippen LogP contribution >= 0.6 is 11.6 Å². The summed E-state index contributed by atoms with van der Waals surface area (Å²) in [5.41, 5.74) is -0.518. The van der Waals surface area contributed by atoms with Crippen molar-refractivity contribution in [2.45, 2.75) is 25.1 Å². The van der Waals surface area contributed by atoms with Gasteiger partial charge in [-0.1, -0.05) is 17.7 Å². The smallest absolute Gasteiger partial charge is 0.419 e. The van der Waals surface area contributed by atoms with Gasteiger partial charge in [-0.15, -0.1) is 0 Å². The summed E-state index contributed by atoms with van der Waals surface area (Å²) in [5.74, 6) is 0.109. The predicted octanol–water partition coefficient (Wildman–Crippen LogP) is 4.64. The molecule has 1 saturated heterocycles. The maximum atomic E-state index is 13.8. The van der Waals surface area contributed by atoms with Gasteiger partial charge in [0.15, 0.2) is 0 Å². The molecule has 1 aromatic carbocycles. The number of alkyl halides is 3. The van der Waals surface area contributed by atoms with Crippen molar-refractivity contribution < 1.29 is 22.7 Å². The number of fused-ring (bicyclic) bond motifs is 1. The number of carbonyl (C=O) groups excluding carboxylic acids is 1. The second-order valence-electron chi connectivity index (χ2n) is 7.31. The van der Waals surface area contributed by atoms with Gasteiger partial charge in [-0.05, 0) is 25.5 Å². The van der Waals surface area contributed by atoms with Gasteiger partial charge in [0.05, 0.1) is 29.0 Å². The number of benzene rings is 1.